The minimum atomic E-state index is -1.61. The zero-order valence-corrected chi connectivity index (χ0v) is 27.6. The van der Waals surface area contributed by atoms with Crippen LogP contribution >= 0.6 is 11.8 Å². The van der Waals surface area contributed by atoms with E-state index in [2.05, 4.69) is 26.6 Å². The molecule has 0 saturated heterocycles. The molecule has 0 aromatic heterocycles. The molecule has 258 valence electrons. The molecule has 0 spiro atoms. The first-order chi connectivity index (χ1) is 20.9. The van der Waals surface area contributed by atoms with Gasteiger partial charge in [-0.2, -0.15) is 11.8 Å². The van der Waals surface area contributed by atoms with Crippen molar-refractivity contribution in [1.29, 1.82) is 0 Å². The highest BCUT2D eigenvalue weighted by Crippen LogP contribution is 2.10. The lowest BCUT2D eigenvalue weighted by molar-refractivity contribution is -0.143. The summed E-state index contributed by atoms with van der Waals surface area (Å²) in [4.78, 5) is 87.3. The number of carbonyl (C=O) groups excluding carboxylic acids is 5. The number of hydrogen-bond acceptors (Lipinski definition) is 10. The van der Waals surface area contributed by atoms with Crippen molar-refractivity contribution in [2.75, 3.05) is 18.6 Å². The molecule has 16 nitrogen and oxygen atoms in total. The molecule has 0 unspecified atom stereocenters. The summed E-state index contributed by atoms with van der Waals surface area (Å²) >= 11 is 1.36. The maximum Gasteiger partial charge on any atom is 0.326 e. The molecule has 0 fully saturated rings. The minimum absolute atomic E-state index is 0.00319. The first-order valence-electron chi connectivity index (χ1n) is 14.7. The molecule has 0 saturated carbocycles. The van der Waals surface area contributed by atoms with Gasteiger partial charge in [-0.05, 0) is 56.5 Å². The second kappa shape index (κ2) is 21.3. The summed E-state index contributed by atoms with van der Waals surface area (Å²) < 4.78 is 0. The molecule has 0 heterocycles. The molecular weight excluding hydrogens is 612 g/mol. The molecular formula is C28H50N6O10S. The lowest BCUT2D eigenvalue weighted by Gasteiger charge is -2.27. The van der Waals surface area contributed by atoms with Gasteiger partial charge in [-0.25, -0.2) is 4.79 Å². The summed E-state index contributed by atoms with van der Waals surface area (Å²) in [6.45, 7) is 7.82. The van der Waals surface area contributed by atoms with Gasteiger partial charge in [0.1, 0.15) is 30.2 Å². The number of amides is 5. The Labute approximate surface area is 267 Å². The zero-order valence-electron chi connectivity index (χ0n) is 26.8. The van der Waals surface area contributed by atoms with Crippen molar-refractivity contribution in [3.63, 3.8) is 0 Å². The number of rotatable bonds is 22. The van der Waals surface area contributed by atoms with Crippen LogP contribution in [-0.4, -0.2) is 112 Å². The third-order valence-corrected chi connectivity index (χ3v) is 7.06. The monoisotopic (exact) mass is 662 g/mol. The third-order valence-electron chi connectivity index (χ3n) is 6.41. The highest BCUT2D eigenvalue weighted by molar-refractivity contribution is 7.98. The molecule has 6 atom stereocenters. The van der Waals surface area contributed by atoms with Crippen molar-refractivity contribution >= 4 is 53.2 Å². The molecule has 10 N–H and O–H groups in total. The smallest absolute Gasteiger partial charge is 0.326 e. The standard InChI is InChI=1S/C28H50N6O10S/c1-14(2)11-19(32-23(38)16(5)29)25(40)33-20(12-15(3)4)26(41)34-21(13-35)27(42)30-17(7-8-22(36)37)24(39)31-18(28(43)44)9-10-45-6/h14-21,35H,7-13,29H2,1-6H3,(H,30,42)(H,31,39)(H,32,38)(H,33,40)(H,34,41)(H,36,37)(H,43,44)/t16-,17-,18-,19-,20-,21-/m0/s1. The molecule has 0 rings (SSSR count). The average molecular weight is 663 g/mol. The van der Waals surface area contributed by atoms with Gasteiger partial charge in [0.05, 0.1) is 12.6 Å². The summed E-state index contributed by atoms with van der Waals surface area (Å²) in [5.41, 5.74) is 5.62. The molecule has 17 heteroatoms. The predicted molar refractivity (Wildman–Crippen MR) is 167 cm³/mol. The van der Waals surface area contributed by atoms with E-state index < -0.39 is 97.2 Å². The number of aliphatic hydroxyl groups is 1. The van der Waals surface area contributed by atoms with Gasteiger partial charge in [0, 0.05) is 6.42 Å². The van der Waals surface area contributed by atoms with Crippen LogP contribution in [0, 0.1) is 11.8 Å². The van der Waals surface area contributed by atoms with E-state index >= 15 is 0 Å². The molecule has 0 aliphatic rings. The van der Waals surface area contributed by atoms with E-state index in [-0.39, 0.29) is 31.1 Å². The van der Waals surface area contributed by atoms with Gasteiger partial charge in [0.2, 0.25) is 29.5 Å². The SMILES string of the molecule is CSCC[C@H](NC(=O)[C@H](CCC(=O)O)NC(=O)[C@H](CO)NC(=O)[C@H](CC(C)C)NC(=O)[C@H](CC(C)C)NC(=O)[C@H](C)N)C(=O)O. The number of aliphatic carboxylic acids is 2. The van der Waals surface area contributed by atoms with E-state index in [1.807, 2.05) is 13.8 Å². The summed E-state index contributed by atoms with van der Waals surface area (Å²) in [6, 6.07) is -7.45. The quantitative estimate of drug-likeness (QED) is 0.0644. The molecule has 45 heavy (non-hydrogen) atoms. The van der Waals surface area contributed by atoms with Crippen LogP contribution in [0.3, 0.4) is 0 Å². The van der Waals surface area contributed by atoms with E-state index in [1.165, 1.54) is 18.7 Å². The summed E-state index contributed by atoms with van der Waals surface area (Å²) in [6.07, 6.45) is 1.26. The van der Waals surface area contributed by atoms with Gasteiger partial charge in [0.15, 0.2) is 0 Å². The van der Waals surface area contributed by atoms with Crippen LogP contribution in [0.5, 0.6) is 0 Å². The molecule has 0 radical (unpaired) electrons. The van der Waals surface area contributed by atoms with E-state index in [0.717, 1.165) is 0 Å². The molecule has 0 aromatic carbocycles. The van der Waals surface area contributed by atoms with Crippen molar-refractivity contribution in [3.05, 3.63) is 0 Å². The Bertz CT molecular complexity index is 1030. The van der Waals surface area contributed by atoms with Crippen LogP contribution in [-0.2, 0) is 33.6 Å². The van der Waals surface area contributed by atoms with Gasteiger partial charge in [-0.15, -0.1) is 0 Å². The molecule has 0 aromatic rings. The van der Waals surface area contributed by atoms with Crippen molar-refractivity contribution in [2.45, 2.75) is 103 Å². The number of thioether (sulfide) groups is 1. The first kappa shape index (κ1) is 41.6. The number of carboxylic acid groups (broad SMARTS) is 2. The van der Waals surface area contributed by atoms with Gasteiger partial charge in [-0.1, -0.05) is 27.7 Å². The second-order valence-corrected chi connectivity index (χ2v) is 12.6. The van der Waals surface area contributed by atoms with Crippen LogP contribution in [0.1, 0.15) is 66.7 Å². The molecule has 0 aliphatic heterocycles. The van der Waals surface area contributed by atoms with Gasteiger partial charge in [-0.3, -0.25) is 28.8 Å². The fourth-order valence-corrected chi connectivity index (χ4v) is 4.49. The van der Waals surface area contributed by atoms with Gasteiger partial charge >= 0.3 is 11.9 Å². The van der Waals surface area contributed by atoms with Crippen LogP contribution in [0.25, 0.3) is 0 Å². The average Bonchev–Trinajstić information content (AvgIpc) is 2.93. The highest BCUT2D eigenvalue weighted by atomic mass is 32.2. The maximum absolute atomic E-state index is 13.3. The Balaban J connectivity index is 5.86. The Morgan fingerprint density at radius 2 is 1.02 bits per heavy atom. The molecule has 0 bridgehead atoms. The number of carbonyl (C=O) groups is 7. The van der Waals surface area contributed by atoms with E-state index in [0.29, 0.717) is 5.75 Å². The number of nitrogens with two attached hydrogens (primary N) is 1. The normalized spacial score (nSPS) is 15.2. The Kier molecular flexibility index (Phi) is 19.7. The predicted octanol–water partition coefficient (Wildman–Crippen LogP) is -1.46. The van der Waals surface area contributed by atoms with Crippen LogP contribution in [0.15, 0.2) is 0 Å². The lowest BCUT2D eigenvalue weighted by Crippen LogP contribution is -2.60. The molecule has 5 amide bonds. The van der Waals surface area contributed by atoms with E-state index in [9.17, 15) is 43.8 Å². The minimum Gasteiger partial charge on any atom is -0.481 e. The van der Waals surface area contributed by atoms with Gasteiger partial charge < -0.3 is 47.6 Å². The van der Waals surface area contributed by atoms with Crippen molar-refractivity contribution < 1.29 is 48.9 Å². The Morgan fingerprint density at radius 1 is 0.622 bits per heavy atom. The van der Waals surface area contributed by atoms with E-state index in [4.69, 9.17) is 10.8 Å². The highest BCUT2D eigenvalue weighted by Gasteiger charge is 2.33. The first-order valence-corrected chi connectivity index (χ1v) is 16.1. The number of nitrogens with one attached hydrogen (secondary N) is 5. The summed E-state index contributed by atoms with van der Waals surface area (Å²) in [5, 5.41) is 40.5. The summed E-state index contributed by atoms with van der Waals surface area (Å²) in [5.74, 6) is -6.31. The topological polar surface area (TPSA) is 266 Å². The Morgan fingerprint density at radius 3 is 1.42 bits per heavy atom. The van der Waals surface area contributed by atoms with Crippen molar-refractivity contribution in [1.82, 2.24) is 26.6 Å². The fraction of sp³-hybridized carbons (Fsp3) is 0.750. The number of hydrogen-bond donors (Lipinski definition) is 9. The third kappa shape index (κ3) is 17.0. The van der Waals surface area contributed by atoms with Crippen LogP contribution in [0.2, 0.25) is 0 Å². The zero-order chi connectivity index (χ0) is 34.9. The van der Waals surface area contributed by atoms with Crippen molar-refractivity contribution in [3.8, 4) is 0 Å². The maximum atomic E-state index is 13.3. The lowest BCUT2D eigenvalue weighted by atomic mass is 9.99. The number of aliphatic hydroxyl groups excluding tert-OH is 1. The Hall–Kier alpha value is -3.44. The van der Waals surface area contributed by atoms with Crippen LogP contribution < -0.4 is 32.3 Å². The van der Waals surface area contributed by atoms with Crippen molar-refractivity contribution in [2.24, 2.45) is 17.6 Å². The summed E-state index contributed by atoms with van der Waals surface area (Å²) in [7, 11) is 0. The van der Waals surface area contributed by atoms with Gasteiger partial charge in [0.25, 0.3) is 0 Å². The second-order valence-electron chi connectivity index (χ2n) is 11.6. The van der Waals surface area contributed by atoms with Crippen LogP contribution in [0.4, 0.5) is 0 Å². The molecule has 0 aliphatic carbocycles. The number of carboxylic acids is 2. The fourth-order valence-electron chi connectivity index (χ4n) is 4.02. The van der Waals surface area contributed by atoms with E-state index in [1.54, 1.807) is 20.1 Å². The largest absolute Gasteiger partial charge is 0.481 e.